The summed E-state index contributed by atoms with van der Waals surface area (Å²) in [6.45, 7) is 5.03. The van der Waals surface area contributed by atoms with E-state index in [-0.39, 0.29) is 0 Å². The topological polar surface area (TPSA) is 47.7 Å². The summed E-state index contributed by atoms with van der Waals surface area (Å²) in [4.78, 5) is 2.37. The smallest absolute Gasteiger partial charge is 0.0700 e. The van der Waals surface area contributed by atoms with Gasteiger partial charge >= 0.3 is 0 Å². The Morgan fingerprint density at radius 1 is 1.18 bits per heavy atom. The number of hydrogen-bond donors (Lipinski definition) is 1. The van der Waals surface area contributed by atoms with Crippen LogP contribution in [0.1, 0.15) is 11.1 Å². The molecule has 0 radical (unpaired) electrons. The van der Waals surface area contributed by atoms with Gasteiger partial charge in [0.2, 0.25) is 0 Å². The fraction of sp³-hybridized carbons (Fsp3) is 0.538. The van der Waals surface area contributed by atoms with Gasteiger partial charge in [0.05, 0.1) is 19.8 Å². The van der Waals surface area contributed by atoms with Crippen LogP contribution in [-0.2, 0) is 22.6 Å². The summed E-state index contributed by atoms with van der Waals surface area (Å²) in [6.07, 6.45) is 0. The number of methoxy groups -OCH3 is 1. The number of nitrogens with two attached hydrogens (primary N) is 1. The Balaban J connectivity index is 1.73. The molecule has 4 nitrogen and oxygen atoms in total. The molecule has 1 aromatic rings. The van der Waals surface area contributed by atoms with Crippen LogP contribution in [0, 0.1) is 0 Å². The van der Waals surface area contributed by atoms with Gasteiger partial charge in [-0.15, -0.1) is 0 Å². The molecule has 2 N–H and O–H groups in total. The van der Waals surface area contributed by atoms with Crippen LogP contribution >= 0.6 is 0 Å². The molecule has 94 valence electrons. The Kier molecular flexibility index (Phi) is 4.36. The van der Waals surface area contributed by atoms with E-state index in [0.717, 1.165) is 31.9 Å². The third kappa shape index (κ3) is 3.43. The van der Waals surface area contributed by atoms with Gasteiger partial charge in [-0.25, -0.2) is 0 Å². The van der Waals surface area contributed by atoms with Crippen LogP contribution in [0.25, 0.3) is 0 Å². The molecular formula is C13H20N2O2. The number of hydrogen-bond acceptors (Lipinski definition) is 4. The van der Waals surface area contributed by atoms with Crippen molar-refractivity contribution in [3.05, 3.63) is 29.3 Å². The van der Waals surface area contributed by atoms with Crippen molar-refractivity contribution in [3.8, 4) is 0 Å². The van der Waals surface area contributed by atoms with Crippen LogP contribution in [0.5, 0.6) is 0 Å². The van der Waals surface area contributed by atoms with Gasteiger partial charge in [-0.05, 0) is 23.3 Å². The first kappa shape index (κ1) is 12.4. The van der Waals surface area contributed by atoms with Gasteiger partial charge in [0, 0.05) is 32.4 Å². The molecule has 0 saturated carbocycles. The van der Waals surface area contributed by atoms with E-state index in [0.29, 0.717) is 13.2 Å². The van der Waals surface area contributed by atoms with Crippen molar-refractivity contribution in [1.29, 1.82) is 0 Å². The second-order valence-electron chi connectivity index (χ2n) is 4.34. The number of anilines is 1. The van der Waals surface area contributed by atoms with E-state index in [1.165, 1.54) is 11.1 Å². The number of nitrogen functional groups attached to an aromatic ring is 1. The molecule has 0 fully saturated rings. The summed E-state index contributed by atoms with van der Waals surface area (Å²) in [6, 6.07) is 6.16. The lowest BCUT2D eigenvalue weighted by molar-refractivity contribution is 0.0567. The van der Waals surface area contributed by atoms with E-state index in [4.69, 9.17) is 15.2 Å². The van der Waals surface area contributed by atoms with Gasteiger partial charge in [0.1, 0.15) is 0 Å². The van der Waals surface area contributed by atoms with E-state index < -0.39 is 0 Å². The molecule has 2 rings (SSSR count). The van der Waals surface area contributed by atoms with E-state index in [2.05, 4.69) is 17.0 Å². The minimum atomic E-state index is 0.663. The Morgan fingerprint density at radius 3 is 2.82 bits per heavy atom. The number of rotatable bonds is 6. The van der Waals surface area contributed by atoms with Crippen molar-refractivity contribution >= 4 is 5.69 Å². The van der Waals surface area contributed by atoms with E-state index >= 15 is 0 Å². The van der Waals surface area contributed by atoms with Crippen molar-refractivity contribution in [2.45, 2.75) is 13.1 Å². The summed E-state index contributed by atoms with van der Waals surface area (Å²) in [7, 11) is 1.69. The van der Waals surface area contributed by atoms with Crippen molar-refractivity contribution in [3.63, 3.8) is 0 Å². The highest BCUT2D eigenvalue weighted by Crippen LogP contribution is 2.24. The Morgan fingerprint density at radius 2 is 2.00 bits per heavy atom. The predicted molar refractivity (Wildman–Crippen MR) is 67.7 cm³/mol. The summed E-state index contributed by atoms with van der Waals surface area (Å²) in [5.74, 6) is 0. The van der Waals surface area contributed by atoms with E-state index in [1.807, 2.05) is 6.07 Å². The second kappa shape index (κ2) is 6.00. The highest BCUT2D eigenvalue weighted by molar-refractivity contribution is 5.46. The van der Waals surface area contributed by atoms with Gasteiger partial charge in [0.25, 0.3) is 0 Å². The monoisotopic (exact) mass is 236 g/mol. The van der Waals surface area contributed by atoms with Gasteiger partial charge in [0.15, 0.2) is 0 Å². The molecule has 1 aliphatic heterocycles. The highest BCUT2D eigenvalue weighted by atomic mass is 16.5. The third-order valence-corrected chi connectivity index (χ3v) is 3.00. The molecular weight excluding hydrogens is 216 g/mol. The molecule has 0 saturated heterocycles. The molecule has 1 aliphatic rings. The Bertz CT molecular complexity index is 368. The van der Waals surface area contributed by atoms with Crippen LogP contribution in [0.15, 0.2) is 18.2 Å². The van der Waals surface area contributed by atoms with Crippen LogP contribution < -0.4 is 5.73 Å². The maximum absolute atomic E-state index is 5.77. The predicted octanol–water partition coefficient (Wildman–Crippen LogP) is 1.25. The molecule has 0 aromatic heterocycles. The molecule has 0 spiro atoms. The average molecular weight is 236 g/mol. The molecule has 0 atom stereocenters. The lowest BCUT2D eigenvalue weighted by Crippen LogP contribution is -2.22. The molecule has 0 unspecified atom stereocenters. The molecule has 0 bridgehead atoms. The lowest BCUT2D eigenvalue weighted by atomic mass is 10.1. The lowest BCUT2D eigenvalue weighted by Gasteiger charge is -2.14. The van der Waals surface area contributed by atoms with E-state index in [1.54, 1.807) is 7.11 Å². The minimum absolute atomic E-state index is 0.663. The average Bonchev–Trinajstić information content (AvgIpc) is 2.70. The summed E-state index contributed by atoms with van der Waals surface area (Å²) < 4.78 is 10.4. The molecule has 0 aliphatic carbocycles. The van der Waals surface area contributed by atoms with E-state index in [9.17, 15) is 0 Å². The first-order valence-corrected chi connectivity index (χ1v) is 5.96. The number of nitrogens with zero attached hydrogens (tertiary/aromatic N) is 1. The number of ether oxygens (including phenoxy) is 2. The zero-order chi connectivity index (χ0) is 12.1. The zero-order valence-electron chi connectivity index (χ0n) is 10.3. The quantitative estimate of drug-likeness (QED) is 0.596. The second-order valence-corrected chi connectivity index (χ2v) is 4.34. The van der Waals surface area contributed by atoms with Gasteiger partial charge < -0.3 is 15.2 Å². The van der Waals surface area contributed by atoms with Gasteiger partial charge in [-0.3, -0.25) is 4.90 Å². The first-order chi connectivity index (χ1) is 8.29. The Hall–Kier alpha value is -1.10. The molecule has 1 heterocycles. The molecule has 0 amide bonds. The van der Waals surface area contributed by atoms with Crippen molar-refractivity contribution in [1.82, 2.24) is 4.90 Å². The fourth-order valence-corrected chi connectivity index (χ4v) is 2.08. The maximum Gasteiger partial charge on any atom is 0.0700 e. The summed E-state index contributed by atoms with van der Waals surface area (Å²) in [5.41, 5.74) is 9.36. The zero-order valence-corrected chi connectivity index (χ0v) is 10.3. The normalized spacial score (nSPS) is 15.1. The third-order valence-electron chi connectivity index (χ3n) is 3.00. The molecule has 17 heavy (non-hydrogen) atoms. The number of benzene rings is 1. The summed E-state index contributed by atoms with van der Waals surface area (Å²) in [5, 5.41) is 0. The van der Waals surface area contributed by atoms with Crippen molar-refractivity contribution in [2.75, 3.05) is 39.2 Å². The van der Waals surface area contributed by atoms with Crippen LogP contribution in [0.4, 0.5) is 5.69 Å². The van der Waals surface area contributed by atoms with Gasteiger partial charge in [-0.1, -0.05) is 6.07 Å². The standard InChI is InChI=1S/C13H20N2O2/c1-16-6-7-17-5-4-15-9-11-2-3-13(14)8-12(11)10-15/h2-3,8H,4-7,9-10,14H2,1H3. The SMILES string of the molecule is COCCOCCN1Cc2ccc(N)cc2C1. The largest absolute Gasteiger partial charge is 0.399 e. The minimum Gasteiger partial charge on any atom is -0.399 e. The van der Waals surface area contributed by atoms with Crippen LogP contribution in [0.3, 0.4) is 0 Å². The maximum atomic E-state index is 5.77. The summed E-state index contributed by atoms with van der Waals surface area (Å²) >= 11 is 0. The Labute approximate surface area is 102 Å². The highest BCUT2D eigenvalue weighted by Gasteiger charge is 2.18. The van der Waals surface area contributed by atoms with Crippen molar-refractivity contribution < 1.29 is 9.47 Å². The first-order valence-electron chi connectivity index (χ1n) is 5.96. The number of fused-ring (bicyclic) bond motifs is 1. The van der Waals surface area contributed by atoms with Gasteiger partial charge in [-0.2, -0.15) is 0 Å². The fourth-order valence-electron chi connectivity index (χ4n) is 2.08. The van der Waals surface area contributed by atoms with Crippen LogP contribution in [0.2, 0.25) is 0 Å². The van der Waals surface area contributed by atoms with Crippen LogP contribution in [-0.4, -0.2) is 38.4 Å². The van der Waals surface area contributed by atoms with Crippen molar-refractivity contribution in [2.24, 2.45) is 0 Å². The molecule has 1 aromatic carbocycles. The molecule has 4 heteroatoms.